The second kappa shape index (κ2) is 4.28. The van der Waals surface area contributed by atoms with Crippen LogP contribution in [-0.2, 0) is 0 Å². The van der Waals surface area contributed by atoms with Crippen molar-refractivity contribution >= 4 is 38.9 Å². The molecule has 1 rings (SSSR count). The lowest BCUT2D eigenvalue weighted by Gasteiger charge is -2.14. The number of nitrogens with two attached hydrogens (primary N) is 1. The van der Waals surface area contributed by atoms with E-state index in [-0.39, 0.29) is 0 Å². The molecule has 0 heterocycles. The lowest BCUT2D eigenvalue weighted by molar-refractivity contribution is 1.29. The molecular weight excluding hydrogens is 260 g/mol. The van der Waals surface area contributed by atoms with Gasteiger partial charge in [-0.3, -0.25) is 0 Å². The highest BCUT2D eigenvalue weighted by atomic mass is 79.9. The van der Waals surface area contributed by atoms with Crippen molar-refractivity contribution in [3.05, 3.63) is 27.2 Å². The van der Waals surface area contributed by atoms with E-state index in [2.05, 4.69) is 34.2 Å². The van der Waals surface area contributed by atoms with Crippen LogP contribution in [0.1, 0.15) is 16.7 Å². The Bertz CT molecular complexity index is 388. The van der Waals surface area contributed by atoms with Gasteiger partial charge in [-0.25, -0.2) is 0 Å². The second-order valence-corrected chi connectivity index (χ2v) is 4.55. The van der Waals surface area contributed by atoms with Gasteiger partial charge in [0, 0.05) is 10.2 Å². The largest absolute Gasteiger partial charge is 0.376 e. The molecule has 3 N–H and O–H groups in total. The van der Waals surface area contributed by atoms with Crippen molar-refractivity contribution in [3.63, 3.8) is 0 Å². The molecule has 0 atom stereocenters. The Morgan fingerprint density at radius 1 is 1.36 bits per heavy atom. The summed E-state index contributed by atoms with van der Waals surface area (Å²) in [6, 6.07) is 2.09. The number of aryl methyl sites for hydroxylation is 2. The molecule has 0 bridgehead atoms. The summed E-state index contributed by atoms with van der Waals surface area (Å²) in [5, 5.41) is 3.29. The number of hydrogen-bond acceptors (Lipinski definition) is 1. The molecule has 0 saturated carbocycles. The van der Waals surface area contributed by atoms with E-state index >= 15 is 0 Å². The number of hydrogen-bond donors (Lipinski definition) is 2. The predicted octanol–water partition coefficient (Wildman–Crippen LogP) is 3.03. The normalized spacial score (nSPS) is 10.0. The van der Waals surface area contributed by atoms with Gasteiger partial charge >= 0.3 is 0 Å². The highest BCUT2D eigenvalue weighted by Crippen LogP contribution is 2.30. The summed E-state index contributed by atoms with van der Waals surface area (Å²) in [5.41, 5.74) is 9.95. The second-order valence-electron chi connectivity index (χ2n) is 3.31. The molecule has 4 heteroatoms. The van der Waals surface area contributed by atoms with Gasteiger partial charge in [0.25, 0.3) is 0 Å². The zero-order chi connectivity index (χ0) is 10.9. The summed E-state index contributed by atoms with van der Waals surface area (Å²) in [5.74, 6) is 0. The molecule has 2 nitrogen and oxygen atoms in total. The Balaban J connectivity index is 3.29. The lowest BCUT2D eigenvalue weighted by Crippen LogP contribution is -2.20. The molecule has 0 aliphatic carbocycles. The first-order valence-electron chi connectivity index (χ1n) is 4.26. The molecule has 0 aliphatic rings. The minimum atomic E-state index is 0.298. The summed E-state index contributed by atoms with van der Waals surface area (Å²) >= 11 is 8.35. The molecular formula is C10H13BrN2S. The molecule has 76 valence electrons. The average Bonchev–Trinajstić information content (AvgIpc) is 2.09. The van der Waals surface area contributed by atoms with E-state index in [0.717, 1.165) is 21.3 Å². The zero-order valence-corrected chi connectivity index (χ0v) is 10.8. The number of nitrogens with one attached hydrogen (secondary N) is 1. The first-order valence-corrected chi connectivity index (χ1v) is 5.46. The van der Waals surface area contributed by atoms with Crippen LogP contribution >= 0.6 is 28.1 Å². The van der Waals surface area contributed by atoms with Crippen molar-refractivity contribution in [1.82, 2.24) is 0 Å². The first kappa shape index (κ1) is 11.5. The standard InChI is InChI=1S/C10H13BrN2S/c1-5-4-6(2)9(13-10(12)14)7(3)8(5)11/h4H,1-3H3,(H3,12,13,14). The summed E-state index contributed by atoms with van der Waals surface area (Å²) in [4.78, 5) is 0. The minimum absolute atomic E-state index is 0.298. The average molecular weight is 273 g/mol. The Morgan fingerprint density at radius 2 is 1.93 bits per heavy atom. The maximum absolute atomic E-state index is 5.46. The quantitative estimate of drug-likeness (QED) is 0.772. The fourth-order valence-corrected chi connectivity index (χ4v) is 1.89. The van der Waals surface area contributed by atoms with Crippen LogP contribution in [0.25, 0.3) is 0 Å². The number of halogens is 1. The fourth-order valence-electron chi connectivity index (χ4n) is 1.48. The van der Waals surface area contributed by atoms with Crippen LogP contribution < -0.4 is 11.1 Å². The van der Waals surface area contributed by atoms with Crippen LogP contribution in [-0.4, -0.2) is 5.11 Å². The summed E-state index contributed by atoms with van der Waals surface area (Å²) in [6.45, 7) is 6.13. The van der Waals surface area contributed by atoms with Gasteiger partial charge in [0.15, 0.2) is 5.11 Å². The highest BCUT2D eigenvalue weighted by Gasteiger charge is 2.08. The number of benzene rings is 1. The summed E-state index contributed by atoms with van der Waals surface area (Å²) < 4.78 is 1.10. The molecule has 0 fully saturated rings. The van der Waals surface area contributed by atoms with Crippen LogP contribution in [0.2, 0.25) is 0 Å². The fraction of sp³-hybridized carbons (Fsp3) is 0.300. The molecule has 0 unspecified atom stereocenters. The van der Waals surface area contributed by atoms with Gasteiger partial charge in [0.1, 0.15) is 0 Å². The molecule has 0 amide bonds. The summed E-state index contributed by atoms with van der Waals surface area (Å²) in [7, 11) is 0. The van der Waals surface area contributed by atoms with E-state index in [9.17, 15) is 0 Å². The number of thiocarbonyl (C=S) groups is 1. The Labute approximate surface area is 98.0 Å². The van der Waals surface area contributed by atoms with Crippen LogP contribution in [0, 0.1) is 20.8 Å². The molecule has 1 aromatic carbocycles. The van der Waals surface area contributed by atoms with Crippen molar-refractivity contribution in [2.75, 3.05) is 5.32 Å². The molecule has 0 radical (unpaired) electrons. The number of anilines is 1. The molecule has 14 heavy (non-hydrogen) atoms. The topological polar surface area (TPSA) is 38.0 Å². The van der Waals surface area contributed by atoms with Crippen LogP contribution in [0.5, 0.6) is 0 Å². The van der Waals surface area contributed by atoms with Gasteiger partial charge in [-0.15, -0.1) is 0 Å². The zero-order valence-electron chi connectivity index (χ0n) is 8.44. The molecule has 0 aliphatic heterocycles. The van der Waals surface area contributed by atoms with Crippen molar-refractivity contribution < 1.29 is 0 Å². The Kier molecular flexibility index (Phi) is 3.50. The molecule has 0 spiro atoms. The van der Waals surface area contributed by atoms with Gasteiger partial charge in [0.2, 0.25) is 0 Å². The smallest absolute Gasteiger partial charge is 0.168 e. The van der Waals surface area contributed by atoms with Gasteiger partial charge in [-0.05, 0) is 49.7 Å². The number of rotatable bonds is 1. The lowest BCUT2D eigenvalue weighted by atomic mass is 10.1. The van der Waals surface area contributed by atoms with Crippen molar-refractivity contribution in [2.45, 2.75) is 20.8 Å². The maximum atomic E-state index is 5.46. The Hall–Kier alpha value is -0.610. The van der Waals surface area contributed by atoms with Gasteiger partial charge in [-0.1, -0.05) is 22.0 Å². The highest BCUT2D eigenvalue weighted by molar-refractivity contribution is 9.10. The Morgan fingerprint density at radius 3 is 2.43 bits per heavy atom. The van der Waals surface area contributed by atoms with Crippen molar-refractivity contribution in [1.29, 1.82) is 0 Å². The third kappa shape index (κ3) is 2.25. The van der Waals surface area contributed by atoms with Crippen molar-refractivity contribution in [3.8, 4) is 0 Å². The predicted molar refractivity (Wildman–Crippen MR) is 68.8 cm³/mol. The maximum Gasteiger partial charge on any atom is 0.168 e. The summed E-state index contributed by atoms with van der Waals surface area (Å²) in [6.07, 6.45) is 0. The van der Waals surface area contributed by atoms with E-state index in [0.29, 0.717) is 5.11 Å². The van der Waals surface area contributed by atoms with Gasteiger partial charge in [-0.2, -0.15) is 0 Å². The monoisotopic (exact) mass is 272 g/mol. The molecule has 1 aromatic rings. The van der Waals surface area contributed by atoms with E-state index in [1.54, 1.807) is 0 Å². The van der Waals surface area contributed by atoms with E-state index < -0.39 is 0 Å². The van der Waals surface area contributed by atoms with Gasteiger partial charge in [0.05, 0.1) is 0 Å². The van der Waals surface area contributed by atoms with Crippen LogP contribution in [0.4, 0.5) is 5.69 Å². The molecule has 0 aromatic heterocycles. The van der Waals surface area contributed by atoms with Crippen molar-refractivity contribution in [2.24, 2.45) is 5.73 Å². The van der Waals surface area contributed by atoms with Crippen LogP contribution in [0.15, 0.2) is 10.5 Å². The molecule has 0 saturated heterocycles. The third-order valence-corrected chi connectivity index (χ3v) is 3.45. The van der Waals surface area contributed by atoms with Gasteiger partial charge < -0.3 is 11.1 Å². The van der Waals surface area contributed by atoms with E-state index in [4.69, 9.17) is 18.0 Å². The first-order chi connectivity index (χ1) is 6.43. The SMILES string of the molecule is Cc1cc(C)c(NC(N)=S)c(C)c1Br. The minimum Gasteiger partial charge on any atom is -0.376 e. The van der Waals surface area contributed by atoms with E-state index in [1.165, 1.54) is 5.56 Å². The van der Waals surface area contributed by atoms with Crippen LogP contribution in [0.3, 0.4) is 0 Å². The van der Waals surface area contributed by atoms with E-state index in [1.807, 2.05) is 13.8 Å². The third-order valence-electron chi connectivity index (χ3n) is 2.13.